The van der Waals surface area contributed by atoms with Crippen molar-refractivity contribution in [2.45, 2.75) is 30.6 Å². The molecule has 4 nitrogen and oxygen atoms in total. The van der Waals surface area contributed by atoms with Crippen LogP contribution < -0.4 is 9.62 Å². The van der Waals surface area contributed by atoms with E-state index in [1.807, 2.05) is 0 Å². The van der Waals surface area contributed by atoms with E-state index in [1.165, 1.54) is 44.5 Å². The lowest BCUT2D eigenvalue weighted by molar-refractivity contribution is -0.904. The first kappa shape index (κ1) is 15.8. The Hall–Kier alpha value is -0.620. The second-order valence-electron chi connectivity index (χ2n) is 5.27. The van der Waals surface area contributed by atoms with Gasteiger partial charge >= 0.3 is 0 Å². The molecule has 0 amide bonds. The maximum absolute atomic E-state index is 12.0. The van der Waals surface area contributed by atoms with Crippen LogP contribution in [0.2, 0.25) is 5.02 Å². The van der Waals surface area contributed by atoms with Gasteiger partial charge in [-0.3, -0.25) is 0 Å². The number of piperidine rings is 1. The average molecular weight is 318 g/mol. The maximum Gasteiger partial charge on any atom is 0.240 e. The Bertz CT molecular complexity index is 510. The van der Waals surface area contributed by atoms with Gasteiger partial charge in [-0.15, -0.1) is 0 Å². The molecule has 0 aliphatic carbocycles. The summed E-state index contributed by atoms with van der Waals surface area (Å²) in [6.07, 6.45) is 4.81. The number of hydrogen-bond donors (Lipinski definition) is 2. The van der Waals surface area contributed by atoms with Crippen LogP contribution in [0.1, 0.15) is 25.7 Å². The van der Waals surface area contributed by atoms with E-state index in [-0.39, 0.29) is 4.90 Å². The fourth-order valence-electron chi connectivity index (χ4n) is 2.54. The monoisotopic (exact) mass is 317 g/mol. The predicted molar refractivity (Wildman–Crippen MR) is 80.7 cm³/mol. The minimum atomic E-state index is -3.40. The molecule has 1 aromatic carbocycles. The van der Waals surface area contributed by atoms with Crippen molar-refractivity contribution < 1.29 is 13.3 Å². The van der Waals surface area contributed by atoms with Crippen LogP contribution in [-0.2, 0) is 10.0 Å². The van der Waals surface area contributed by atoms with Gasteiger partial charge in [0.1, 0.15) is 0 Å². The van der Waals surface area contributed by atoms with Gasteiger partial charge < -0.3 is 4.90 Å². The molecule has 0 atom stereocenters. The molecule has 0 radical (unpaired) electrons. The van der Waals surface area contributed by atoms with Gasteiger partial charge in [0.15, 0.2) is 0 Å². The van der Waals surface area contributed by atoms with Crippen LogP contribution in [0.3, 0.4) is 0 Å². The third-order valence-electron chi connectivity index (χ3n) is 3.68. The number of rotatable bonds is 6. The lowest BCUT2D eigenvalue weighted by Crippen LogP contribution is -3.12. The van der Waals surface area contributed by atoms with Crippen molar-refractivity contribution in [3.05, 3.63) is 29.3 Å². The normalized spacial score (nSPS) is 17.2. The van der Waals surface area contributed by atoms with E-state index in [2.05, 4.69) is 4.72 Å². The van der Waals surface area contributed by atoms with Crippen molar-refractivity contribution in [2.24, 2.45) is 0 Å². The van der Waals surface area contributed by atoms with Crippen LogP contribution in [0.4, 0.5) is 0 Å². The highest BCUT2D eigenvalue weighted by molar-refractivity contribution is 7.89. The highest BCUT2D eigenvalue weighted by Crippen LogP contribution is 2.13. The van der Waals surface area contributed by atoms with Crippen molar-refractivity contribution in [1.29, 1.82) is 0 Å². The Balaban J connectivity index is 1.76. The molecule has 0 saturated carbocycles. The Morgan fingerprint density at radius 3 is 2.40 bits per heavy atom. The number of sulfonamides is 1. The number of quaternary nitrogens is 1. The van der Waals surface area contributed by atoms with Gasteiger partial charge in [-0.1, -0.05) is 11.6 Å². The summed E-state index contributed by atoms with van der Waals surface area (Å²) < 4.78 is 26.7. The van der Waals surface area contributed by atoms with E-state index in [9.17, 15) is 8.42 Å². The minimum Gasteiger partial charge on any atom is -0.335 e. The van der Waals surface area contributed by atoms with Gasteiger partial charge in [0.25, 0.3) is 0 Å². The van der Waals surface area contributed by atoms with Gasteiger partial charge in [-0.2, -0.15) is 0 Å². The third-order valence-corrected chi connectivity index (χ3v) is 5.41. The third kappa shape index (κ3) is 4.74. The van der Waals surface area contributed by atoms with Gasteiger partial charge in [0, 0.05) is 18.0 Å². The molecule has 0 unspecified atom stereocenters. The summed E-state index contributed by atoms with van der Waals surface area (Å²) >= 11 is 5.76. The van der Waals surface area contributed by atoms with Crippen molar-refractivity contribution in [2.75, 3.05) is 26.2 Å². The second-order valence-corrected chi connectivity index (χ2v) is 7.47. The zero-order valence-corrected chi connectivity index (χ0v) is 13.1. The number of likely N-dealkylation sites (tertiary alicyclic amines) is 1. The zero-order valence-electron chi connectivity index (χ0n) is 11.6. The molecule has 1 aliphatic heterocycles. The molecular weight excluding hydrogens is 296 g/mol. The van der Waals surface area contributed by atoms with Crippen LogP contribution in [-0.4, -0.2) is 34.6 Å². The van der Waals surface area contributed by atoms with Gasteiger partial charge in [-0.05, 0) is 43.5 Å². The van der Waals surface area contributed by atoms with E-state index in [0.29, 0.717) is 11.6 Å². The summed E-state index contributed by atoms with van der Waals surface area (Å²) in [5.41, 5.74) is 0. The fraction of sp³-hybridized carbons (Fsp3) is 0.571. The summed E-state index contributed by atoms with van der Waals surface area (Å²) in [5, 5.41) is 0.539. The molecule has 0 spiro atoms. The molecular formula is C14H22ClN2O2S+. The molecule has 112 valence electrons. The Morgan fingerprint density at radius 2 is 1.75 bits per heavy atom. The summed E-state index contributed by atoms with van der Waals surface area (Å²) in [7, 11) is -3.40. The first-order valence-electron chi connectivity index (χ1n) is 7.17. The fourth-order valence-corrected chi connectivity index (χ4v) is 3.74. The highest BCUT2D eigenvalue weighted by Gasteiger charge is 2.15. The summed E-state index contributed by atoms with van der Waals surface area (Å²) in [6, 6.07) is 6.24. The maximum atomic E-state index is 12.0. The molecule has 1 aromatic rings. The van der Waals surface area contributed by atoms with E-state index >= 15 is 0 Å². The predicted octanol–water partition coefficient (Wildman–Crippen LogP) is 1.08. The number of hydrogen-bond acceptors (Lipinski definition) is 2. The van der Waals surface area contributed by atoms with Gasteiger partial charge in [-0.25, -0.2) is 13.1 Å². The van der Waals surface area contributed by atoms with E-state index in [0.717, 1.165) is 13.0 Å². The van der Waals surface area contributed by atoms with Crippen LogP contribution in [0.25, 0.3) is 0 Å². The molecule has 0 bridgehead atoms. The molecule has 1 saturated heterocycles. The molecule has 20 heavy (non-hydrogen) atoms. The minimum absolute atomic E-state index is 0.271. The highest BCUT2D eigenvalue weighted by atomic mass is 35.5. The summed E-state index contributed by atoms with van der Waals surface area (Å²) in [4.78, 5) is 1.87. The van der Waals surface area contributed by atoms with Gasteiger partial charge in [0.05, 0.1) is 24.5 Å². The molecule has 2 rings (SSSR count). The summed E-state index contributed by atoms with van der Waals surface area (Å²) in [6.45, 7) is 3.99. The van der Waals surface area contributed by atoms with Crippen molar-refractivity contribution in [3.63, 3.8) is 0 Å². The Kier molecular flexibility index (Phi) is 5.84. The molecule has 0 aromatic heterocycles. The first-order chi connectivity index (χ1) is 9.58. The van der Waals surface area contributed by atoms with E-state index in [4.69, 9.17) is 11.6 Å². The van der Waals surface area contributed by atoms with Crippen molar-refractivity contribution in [1.82, 2.24) is 4.72 Å². The standard InChI is InChI=1S/C14H21ClN2O2S/c15-13-5-7-14(8-6-13)20(18,19)16-9-4-12-17-10-2-1-3-11-17/h5-8,16H,1-4,9-12H2/p+1. The smallest absolute Gasteiger partial charge is 0.240 e. The van der Waals surface area contributed by atoms with Crippen LogP contribution in [0, 0.1) is 0 Å². The molecule has 6 heteroatoms. The molecule has 1 fully saturated rings. The van der Waals surface area contributed by atoms with Gasteiger partial charge in [0.2, 0.25) is 10.0 Å². The number of halogens is 1. The second kappa shape index (κ2) is 7.41. The first-order valence-corrected chi connectivity index (χ1v) is 9.03. The Labute approximate surface area is 126 Å². The Morgan fingerprint density at radius 1 is 1.10 bits per heavy atom. The zero-order chi connectivity index (χ0) is 14.4. The van der Waals surface area contributed by atoms with E-state index < -0.39 is 10.0 Å². The quantitative estimate of drug-likeness (QED) is 0.771. The van der Waals surface area contributed by atoms with Crippen LogP contribution in [0.15, 0.2) is 29.2 Å². The van der Waals surface area contributed by atoms with Crippen molar-refractivity contribution in [3.8, 4) is 0 Å². The SMILES string of the molecule is O=S(=O)(NCCC[NH+]1CCCCC1)c1ccc(Cl)cc1. The lowest BCUT2D eigenvalue weighted by atomic mass is 10.1. The van der Waals surface area contributed by atoms with Crippen molar-refractivity contribution >= 4 is 21.6 Å². The van der Waals surface area contributed by atoms with Crippen LogP contribution >= 0.6 is 11.6 Å². The molecule has 1 aliphatic rings. The largest absolute Gasteiger partial charge is 0.335 e. The van der Waals surface area contributed by atoms with E-state index in [1.54, 1.807) is 17.0 Å². The summed E-state index contributed by atoms with van der Waals surface area (Å²) in [5.74, 6) is 0. The molecule has 2 N–H and O–H groups in total. The number of nitrogens with one attached hydrogen (secondary N) is 2. The average Bonchev–Trinajstić information content (AvgIpc) is 2.45. The van der Waals surface area contributed by atoms with Crippen LogP contribution in [0.5, 0.6) is 0 Å². The number of benzene rings is 1. The molecule has 1 heterocycles. The topological polar surface area (TPSA) is 50.6 Å². The lowest BCUT2D eigenvalue weighted by Gasteiger charge is -2.23.